The van der Waals surface area contributed by atoms with E-state index in [-0.39, 0.29) is 0 Å². The molecule has 0 bridgehead atoms. The number of imidazole rings is 1. The number of aromatic amines is 1. The molecule has 0 unspecified atom stereocenters. The molecule has 0 saturated heterocycles. The molecule has 0 aliphatic carbocycles. The number of pyridine rings is 2. The topological polar surface area (TPSA) is 71.8 Å². The van der Waals surface area contributed by atoms with Gasteiger partial charge >= 0.3 is 0 Å². The number of nitrogens with zero attached hydrogens (tertiary/aromatic N) is 5. The molecule has 6 nitrogen and oxygen atoms in total. The fourth-order valence-electron chi connectivity index (χ4n) is 3.08. The first kappa shape index (κ1) is 13.9. The van der Waals surface area contributed by atoms with Crippen LogP contribution in [0.15, 0.2) is 61.2 Å². The third-order valence-corrected chi connectivity index (χ3v) is 4.39. The van der Waals surface area contributed by atoms with Gasteiger partial charge in [-0.25, -0.2) is 4.98 Å². The fourth-order valence-corrected chi connectivity index (χ4v) is 3.08. The van der Waals surface area contributed by atoms with E-state index in [0.29, 0.717) is 0 Å². The zero-order valence-electron chi connectivity index (χ0n) is 13.5. The number of aromatic nitrogens is 6. The normalized spacial score (nSPS) is 11.4. The molecule has 4 heterocycles. The van der Waals surface area contributed by atoms with Gasteiger partial charge in [-0.05, 0) is 24.6 Å². The second-order valence-electron chi connectivity index (χ2n) is 5.93. The number of nitrogens with one attached hydrogen (secondary N) is 1. The summed E-state index contributed by atoms with van der Waals surface area (Å²) in [4.78, 5) is 12.0. The standard InChI is InChI=1S/C19H14N6/c1-12-17(22-11-21-12)19-24-23-18-15-9-14(13-5-3-2-4-6-13)10-20-16(15)7-8-25(18)19/h2-11H,1H3,(H,21,22). The number of benzene rings is 1. The van der Waals surface area contributed by atoms with Gasteiger partial charge in [0.25, 0.3) is 0 Å². The second kappa shape index (κ2) is 5.24. The van der Waals surface area contributed by atoms with Crippen LogP contribution in [0.1, 0.15) is 5.69 Å². The minimum atomic E-state index is 0.723. The van der Waals surface area contributed by atoms with Gasteiger partial charge in [0.2, 0.25) is 0 Å². The lowest BCUT2D eigenvalue weighted by atomic mass is 10.1. The van der Waals surface area contributed by atoms with Gasteiger partial charge in [0.15, 0.2) is 11.5 Å². The van der Waals surface area contributed by atoms with Gasteiger partial charge in [-0.3, -0.25) is 9.38 Å². The predicted molar refractivity (Wildman–Crippen MR) is 96.0 cm³/mol. The minimum absolute atomic E-state index is 0.723. The van der Waals surface area contributed by atoms with Crippen LogP contribution in [-0.4, -0.2) is 29.5 Å². The average molecular weight is 326 g/mol. The van der Waals surface area contributed by atoms with Crippen LogP contribution in [0.5, 0.6) is 0 Å². The Morgan fingerprint density at radius 1 is 0.960 bits per heavy atom. The summed E-state index contributed by atoms with van der Waals surface area (Å²) >= 11 is 0. The maximum atomic E-state index is 4.59. The SMILES string of the molecule is Cc1[nH]cnc1-c1nnc2c3cc(-c4ccccc4)cnc3ccn12. The molecule has 0 fully saturated rings. The molecule has 0 aliphatic rings. The third kappa shape index (κ3) is 2.11. The van der Waals surface area contributed by atoms with Crippen molar-refractivity contribution in [1.82, 2.24) is 29.5 Å². The van der Waals surface area contributed by atoms with E-state index in [1.165, 1.54) is 0 Å². The molecular weight excluding hydrogens is 312 g/mol. The van der Waals surface area contributed by atoms with Crippen molar-refractivity contribution in [3.8, 4) is 22.6 Å². The molecule has 5 rings (SSSR count). The molecule has 0 amide bonds. The van der Waals surface area contributed by atoms with Gasteiger partial charge in [0.05, 0.1) is 11.8 Å². The van der Waals surface area contributed by atoms with E-state index in [1.54, 1.807) is 6.33 Å². The summed E-state index contributed by atoms with van der Waals surface area (Å²) in [6.07, 6.45) is 5.50. The van der Waals surface area contributed by atoms with E-state index in [4.69, 9.17) is 0 Å². The lowest BCUT2D eigenvalue weighted by Crippen LogP contribution is -1.93. The summed E-state index contributed by atoms with van der Waals surface area (Å²) in [6.45, 7) is 1.97. The van der Waals surface area contributed by atoms with Gasteiger partial charge < -0.3 is 4.98 Å². The number of hydrogen-bond acceptors (Lipinski definition) is 4. The highest BCUT2D eigenvalue weighted by Gasteiger charge is 2.15. The summed E-state index contributed by atoms with van der Waals surface area (Å²) in [5.74, 6) is 0.723. The van der Waals surface area contributed by atoms with Crippen molar-refractivity contribution in [3.63, 3.8) is 0 Å². The largest absolute Gasteiger partial charge is 0.348 e. The Morgan fingerprint density at radius 2 is 1.84 bits per heavy atom. The smallest absolute Gasteiger partial charge is 0.188 e. The molecular formula is C19H14N6. The first-order valence-corrected chi connectivity index (χ1v) is 8.00. The highest BCUT2D eigenvalue weighted by molar-refractivity contribution is 5.94. The van der Waals surface area contributed by atoms with Gasteiger partial charge in [-0.2, -0.15) is 0 Å². The van der Waals surface area contributed by atoms with Crippen LogP contribution in [-0.2, 0) is 0 Å². The zero-order chi connectivity index (χ0) is 16.8. The van der Waals surface area contributed by atoms with Crippen molar-refractivity contribution in [2.45, 2.75) is 6.92 Å². The van der Waals surface area contributed by atoms with Crippen LogP contribution < -0.4 is 0 Å². The monoisotopic (exact) mass is 326 g/mol. The second-order valence-corrected chi connectivity index (χ2v) is 5.93. The number of rotatable bonds is 2. The Balaban J connectivity index is 1.77. The molecule has 0 saturated carbocycles. The van der Waals surface area contributed by atoms with Crippen molar-refractivity contribution in [1.29, 1.82) is 0 Å². The van der Waals surface area contributed by atoms with Crippen LogP contribution in [0, 0.1) is 6.92 Å². The van der Waals surface area contributed by atoms with E-state index in [2.05, 4.69) is 43.3 Å². The summed E-state index contributed by atoms with van der Waals surface area (Å²) in [7, 11) is 0. The lowest BCUT2D eigenvalue weighted by Gasteiger charge is -2.05. The number of H-pyrrole nitrogens is 1. The van der Waals surface area contributed by atoms with E-state index < -0.39 is 0 Å². The summed E-state index contributed by atoms with van der Waals surface area (Å²) in [6, 6.07) is 14.3. The van der Waals surface area contributed by atoms with Gasteiger partial charge in [-0.1, -0.05) is 30.3 Å². The highest BCUT2D eigenvalue weighted by atomic mass is 15.3. The third-order valence-electron chi connectivity index (χ3n) is 4.39. The summed E-state index contributed by atoms with van der Waals surface area (Å²) in [5.41, 5.74) is 5.62. The number of aryl methyl sites for hydroxylation is 1. The van der Waals surface area contributed by atoms with Crippen LogP contribution in [0.25, 0.3) is 39.2 Å². The van der Waals surface area contributed by atoms with Crippen molar-refractivity contribution >= 4 is 16.6 Å². The molecule has 4 aromatic heterocycles. The molecule has 6 heteroatoms. The average Bonchev–Trinajstić information content (AvgIpc) is 3.27. The molecule has 25 heavy (non-hydrogen) atoms. The zero-order valence-corrected chi connectivity index (χ0v) is 13.5. The van der Waals surface area contributed by atoms with Crippen molar-refractivity contribution in [2.24, 2.45) is 0 Å². The predicted octanol–water partition coefficient (Wildman–Crippen LogP) is 3.64. The van der Waals surface area contributed by atoms with Crippen LogP contribution in [0.3, 0.4) is 0 Å². The quantitative estimate of drug-likeness (QED) is 0.537. The first-order valence-electron chi connectivity index (χ1n) is 8.00. The van der Waals surface area contributed by atoms with Crippen LogP contribution >= 0.6 is 0 Å². The Hall–Kier alpha value is -3.54. The molecule has 0 spiro atoms. The van der Waals surface area contributed by atoms with E-state index in [9.17, 15) is 0 Å². The molecule has 120 valence electrons. The van der Waals surface area contributed by atoms with Crippen LogP contribution in [0.2, 0.25) is 0 Å². The molecule has 0 aliphatic heterocycles. The molecule has 5 aromatic rings. The van der Waals surface area contributed by atoms with Crippen LogP contribution in [0.4, 0.5) is 0 Å². The Labute approximate surface area is 143 Å². The molecule has 1 N–H and O–H groups in total. The lowest BCUT2D eigenvalue weighted by molar-refractivity contribution is 1.09. The maximum Gasteiger partial charge on any atom is 0.188 e. The Bertz CT molecular complexity index is 1200. The Kier molecular flexibility index (Phi) is 2.90. The van der Waals surface area contributed by atoms with E-state index in [0.717, 1.165) is 44.9 Å². The molecule has 0 atom stereocenters. The first-order chi connectivity index (χ1) is 12.3. The Morgan fingerprint density at radius 3 is 2.64 bits per heavy atom. The number of hydrogen-bond donors (Lipinski definition) is 1. The summed E-state index contributed by atoms with van der Waals surface area (Å²) < 4.78 is 1.96. The van der Waals surface area contributed by atoms with Crippen molar-refractivity contribution in [2.75, 3.05) is 0 Å². The van der Waals surface area contributed by atoms with Gasteiger partial charge in [-0.15, -0.1) is 10.2 Å². The molecule has 0 radical (unpaired) electrons. The van der Waals surface area contributed by atoms with E-state index in [1.807, 2.05) is 48.0 Å². The highest BCUT2D eigenvalue weighted by Crippen LogP contribution is 2.27. The minimum Gasteiger partial charge on any atom is -0.348 e. The summed E-state index contributed by atoms with van der Waals surface area (Å²) in [5, 5.41) is 9.72. The van der Waals surface area contributed by atoms with E-state index >= 15 is 0 Å². The molecule has 1 aromatic carbocycles. The number of fused-ring (bicyclic) bond motifs is 3. The maximum absolute atomic E-state index is 4.59. The fraction of sp³-hybridized carbons (Fsp3) is 0.0526. The van der Waals surface area contributed by atoms with Crippen molar-refractivity contribution < 1.29 is 0 Å². The van der Waals surface area contributed by atoms with Gasteiger partial charge in [0, 0.05) is 29.0 Å². The van der Waals surface area contributed by atoms with Crippen molar-refractivity contribution in [3.05, 3.63) is 66.9 Å². The van der Waals surface area contributed by atoms with Gasteiger partial charge in [0.1, 0.15) is 5.69 Å².